The molecule has 1 amide bonds. The van der Waals surface area contributed by atoms with Crippen molar-refractivity contribution < 1.29 is 4.79 Å². The number of carbonyl (C=O) groups excluding carboxylic acids is 1. The van der Waals surface area contributed by atoms with Gasteiger partial charge in [0.1, 0.15) is 0 Å². The first-order chi connectivity index (χ1) is 15.0. The molecule has 7 nitrogen and oxygen atoms in total. The van der Waals surface area contributed by atoms with Crippen LogP contribution in [0.3, 0.4) is 0 Å². The van der Waals surface area contributed by atoms with E-state index in [1.807, 2.05) is 67.7 Å². The van der Waals surface area contributed by atoms with Crippen molar-refractivity contribution in [2.45, 2.75) is 38.1 Å². The number of benzene rings is 1. The first-order valence-corrected chi connectivity index (χ1v) is 10.9. The molecule has 1 aliphatic heterocycles. The third-order valence-corrected chi connectivity index (χ3v) is 5.83. The number of aromatic nitrogens is 4. The number of hydrogen-bond acceptors (Lipinski definition) is 5. The molecule has 7 heteroatoms. The Morgan fingerprint density at radius 3 is 2.68 bits per heavy atom. The molecule has 0 spiro atoms. The first kappa shape index (κ1) is 21.0. The maximum absolute atomic E-state index is 13.3. The Balaban J connectivity index is 1.64. The van der Waals surface area contributed by atoms with Gasteiger partial charge in [-0.3, -0.25) is 9.48 Å². The normalized spacial score (nSPS) is 16.4. The standard InChI is InChI=1S/C24H30N6O/c1-28(2)24-25-16-20(19-15-26-29(3)17-19)23(27-24)21-11-7-8-14-30(21)22(31)13-12-18-9-5-4-6-10-18/h4-6,9-10,15-17,21H,7-8,11-14H2,1-3H3/t21-/m1/s1. The molecule has 1 aromatic carbocycles. The molecule has 1 saturated heterocycles. The fraction of sp³-hybridized carbons (Fsp3) is 0.417. The van der Waals surface area contributed by atoms with Crippen LogP contribution in [0.15, 0.2) is 48.9 Å². The molecular weight excluding hydrogens is 388 g/mol. The Labute approximate surface area is 183 Å². The second-order valence-corrected chi connectivity index (χ2v) is 8.35. The van der Waals surface area contributed by atoms with Crippen LogP contribution in [0.25, 0.3) is 11.1 Å². The van der Waals surface area contributed by atoms with Gasteiger partial charge in [-0.15, -0.1) is 0 Å². The molecule has 0 aliphatic carbocycles. The van der Waals surface area contributed by atoms with Gasteiger partial charge < -0.3 is 9.80 Å². The molecule has 0 bridgehead atoms. The average Bonchev–Trinajstić information content (AvgIpc) is 3.23. The van der Waals surface area contributed by atoms with Gasteiger partial charge in [0.15, 0.2) is 0 Å². The van der Waals surface area contributed by atoms with Crippen molar-refractivity contribution in [1.29, 1.82) is 0 Å². The van der Waals surface area contributed by atoms with Crippen LogP contribution < -0.4 is 4.90 Å². The maximum Gasteiger partial charge on any atom is 0.225 e. The van der Waals surface area contributed by atoms with E-state index in [1.54, 1.807) is 4.68 Å². The van der Waals surface area contributed by atoms with Gasteiger partial charge in [0.05, 0.1) is 17.9 Å². The van der Waals surface area contributed by atoms with Crippen molar-refractivity contribution in [3.63, 3.8) is 0 Å². The molecule has 0 saturated carbocycles. The zero-order valence-corrected chi connectivity index (χ0v) is 18.5. The lowest BCUT2D eigenvalue weighted by Crippen LogP contribution is -2.39. The van der Waals surface area contributed by atoms with Crippen LogP contribution in [-0.4, -0.2) is 51.2 Å². The maximum atomic E-state index is 13.3. The molecule has 0 N–H and O–H groups in total. The number of anilines is 1. The van der Waals surface area contributed by atoms with Crippen molar-refractivity contribution >= 4 is 11.9 Å². The smallest absolute Gasteiger partial charge is 0.225 e. The van der Waals surface area contributed by atoms with Gasteiger partial charge in [0.2, 0.25) is 11.9 Å². The number of rotatable bonds is 6. The van der Waals surface area contributed by atoms with Crippen LogP contribution in [0, 0.1) is 0 Å². The number of amides is 1. The summed E-state index contributed by atoms with van der Waals surface area (Å²) in [5.41, 5.74) is 4.04. The number of piperidine rings is 1. The van der Waals surface area contributed by atoms with E-state index >= 15 is 0 Å². The van der Waals surface area contributed by atoms with Crippen molar-refractivity contribution in [2.24, 2.45) is 7.05 Å². The summed E-state index contributed by atoms with van der Waals surface area (Å²) in [5, 5.41) is 4.32. The van der Waals surface area contributed by atoms with Crippen molar-refractivity contribution in [3.05, 3.63) is 60.2 Å². The zero-order chi connectivity index (χ0) is 21.8. The van der Waals surface area contributed by atoms with Crippen molar-refractivity contribution in [3.8, 4) is 11.1 Å². The van der Waals surface area contributed by atoms with Gasteiger partial charge >= 0.3 is 0 Å². The molecule has 3 heterocycles. The predicted octanol–water partition coefficient (Wildman–Crippen LogP) is 3.63. The Morgan fingerprint density at radius 2 is 1.97 bits per heavy atom. The molecular formula is C24H30N6O. The van der Waals surface area contributed by atoms with Crippen LogP contribution in [0.1, 0.15) is 43.0 Å². The Morgan fingerprint density at radius 1 is 1.16 bits per heavy atom. The van der Waals surface area contributed by atoms with Crippen molar-refractivity contribution in [1.82, 2.24) is 24.6 Å². The van der Waals surface area contributed by atoms with E-state index in [0.717, 1.165) is 49.0 Å². The molecule has 3 aromatic rings. The number of likely N-dealkylation sites (tertiary alicyclic amines) is 1. The molecule has 162 valence electrons. The summed E-state index contributed by atoms with van der Waals surface area (Å²) in [4.78, 5) is 26.7. The molecule has 2 aromatic heterocycles. The molecule has 1 atom stereocenters. The third-order valence-electron chi connectivity index (χ3n) is 5.83. The van der Waals surface area contributed by atoms with E-state index in [9.17, 15) is 4.79 Å². The summed E-state index contributed by atoms with van der Waals surface area (Å²) >= 11 is 0. The number of carbonyl (C=O) groups is 1. The van der Waals surface area contributed by atoms with Gasteiger partial charge in [-0.05, 0) is 31.2 Å². The number of nitrogens with zero attached hydrogens (tertiary/aromatic N) is 6. The van der Waals surface area contributed by atoms with Crippen LogP contribution in [0.5, 0.6) is 0 Å². The highest BCUT2D eigenvalue weighted by atomic mass is 16.2. The van der Waals surface area contributed by atoms with Gasteiger partial charge in [0, 0.05) is 57.6 Å². The fourth-order valence-corrected chi connectivity index (χ4v) is 4.19. The summed E-state index contributed by atoms with van der Waals surface area (Å²) < 4.78 is 1.78. The van der Waals surface area contributed by atoms with Crippen LogP contribution in [0.2, 0.25) is 0 Å². The average molecular weight is 419 g/mol. The van der Waals surface area contributed by atoms with Crippen LogP contribution in [-0.2, 0) is 18.3 Å². The van der Waals surface area contributed by atoms with Crippen molar-refractivity contribution in [2.75, 3.05) is 25.5 Å². The molecule has 4 rings (SSSR count). The van der Waals surface area contributed by atoms with E-state index in [4.69, 9.17) is 4.98 Å². The summed E-state index contributed by atoms with van der Waals surface area (Å²) in [7, 11) is 5.78. The Kier molecular flexibility index (Phi) is 6.30. The van der Waals surface area contributed by atoms with Gasteiger partial charge in [-0.1, -0.05) is 30.3 Å². The van der Waals surface area contributed by atoms with Crippen LogP contribution in [0.4, 0.5) is 5.95 Å². The second-order valence-electron chi connectivity index (χ2n) is 8.35. The fourth-order valence-electron chi connectivity index (χ4n) is 4.19. The van der Waals surface area contributed by atoms with E-state index in [-0.39, 0.29) is 11.9 Å². The number of hydrogen-bond donors (Lipinski definition) is 0. The molecule has 0 radical (unpaired) electrons. The predicted molar refractivity (Wildman–Crippen MR) is 122 cm³/mol. The third kappa shape index (κ3) is 4.76. The molecule has 1 fully saturated rings. The largest absolute Gasteiger partial charge is 0.347 e. The molecule has 31 heavy (non-hydrogen) atoms. The Hall–Kier alpha value is -3.22. The van der Waals surface area contributed by atoms with Gasteiger partial charge in [-0.25, -0.2) is 9.97 Å². The van der Waals surface area contributed by atoms with Crippen LogP contribution >= 0.6 is 0 Å². The minimum atomic E-state index is -0.0473. The second kappa shape index (κ2) is 9.29. The van der Waals surface area contributed by atoms with Gasteiger partial charge in [-0.2, -0.15) is 5.10 Å². The molecule has 0 unspecified atom stereocenters. The lowest BCUT2D eigenvalue weighted by Gasteiger charge is -2.36. The summed E-state index contributed by atoms with van der Waals surface area (Å²) in [5.74, 6) is 0.848. The van der Waals surface area contributed by atoms with E-state index < -0.39 is 0 Å². The Bertz CT molecular complexity index is 1030. The topological polar surface area (TPSA) is 67.2 Å². The lowest BCUT2D eigenvalue weighted by atomic mass is 9.94. The number of aryl methyl sites for hydroxylation is 2. The summed E-state index contributed by atoms with van der Waals surface area (Å²) in [6.07, 6.45) is 9.97. The van der Waals surface area contributed by atoms with E-state index in [2.05, 4.69) is 22.2 Å². The minimum absolute atomic E-state index is 0.0473. The lowest BCUT2D eigenvalue weighted by molar-refractivity contribution is -0.135. The highest BCUT2D eigenvalue weighted by molar-refractivity contribution is 5.78. The highest BCUT2D eigenvalue weighted by Crippen LogP contribution is 2.36. The molecule has 1 aliphatic rings. The monoisotopic (exact) mass is 418 g/mol. The summed E-state index contributed by atoms with van der Waals surface area (Å²) in [6.45, 7) is 0.770. The SMILES string of the molecule is CN(C)c1ncc(-c2cnn(C)c2)c([C@H]2CCCCN2C(=O)CCc2ccccc2)n1. The van der Waals surface area contributed by atoms with Gasteiger partial charge in [0.25, 0.3) is 0 Å². The zero-order valence-electron chi connectivity index (χ0n) is 18.5. The minimum Gasteiger partial charge on any atom is -0.347 e. The van der Waals surface area contributed by atoms with E-state index in [1.165, 1.54) is 5.56 Å². The van der Waals surface area contributed by atoms with E-state index in [0.29, 0.717) is 12.4 Å². The first-order valence-electron chi connectivity index (χ1n) is 10.9. The quantitative estimate of drug-likeness (QED) is 0.612. The highest BCUT2D eigenvalue weighted by Gasteiger charge is 2.31. The summed E-state index contributed by atoms with van der Waals surface area (Å²) in [6, 6.07) is 10.2.